The van der Waals surface area contributed by atoms with Gasteiger partial charge in [-0.25, -0.2) is 9.18 Å². The van der Waals surface area contributed by atoms with Crippen molar-refractivity contribution in [3.8, 4) is 0 Å². The molecular formula is C11H9ClFNO4. The lowest BCUT2D eigenvalue weighted by Crippen LogP contribution is -2.15. The minimum Gasteiger partial charge on any atom is -0.450 e. The number of ether oxygens (including phenoxy) is 1. The second kappa shape index (κ2) is 6.11. The number of benzene rings is 1. The van der Waals surface area contributed by atoms with E-state index in [9.17, 15) is 18.8 Å². The van der Waals surface area contributed by atoms with Crippen molar-refractivity contribution in [2.45, 2.75) is 6.92 Å². The van der Waals surface area contributed by atoms with Gasteiger partial charge in [-0.2, -0.15) is 0 Å². The molecule has 96 valence electrons. The van der Waals surface area contributed by atoms with E-state index in [1.165, 1.54) is 0 Å². The molecule has 0 aliphatic rings. The van der Waals surface area contributed by atoms with Crippen molar-refractivity contribution in [1.29, 1.82) is 0 Å². The number of rotatable bonds is 4. The number of anilines is 1. The van der Waals surface area contributed by atoms with Crippen LogP contribution in [0.2, 0.25) is 5.02 Å². The molecule has 1 amide bonds. The van der Waals surface area contributed by atoms with Crippen LogP contribution >= 0.6 is 11.6 Å². The average Bonchev–Trinajstić information content (AvgIpc) is 2.32. The number of hydrogen-bond donors (Lipinski definition) is 1. The van der Waals surface area contributed by atoms with Crippen molar-refractivity contribution in [3.63, 3.8) is 0 Å². The number of carbonyl (C=O) groups is 3. The second-order valence-electron chi connectivity index (χ2n) is 3.14. The lowest BCUT2D eigenvalue weighted by molar-refractivity contribution is -0.104. The van der Waals surface area contributed by atoms with Crippen LogP contribution in [0.25, 0.3) is 0 Å². The summed E-state index contributed by atoms with van der Waals surface area (Å²) in [6.07, 6.45) is -0.823. The highest BCUT2D eigenvalue weighted by Crippen LogP contribution is 2.27. The number of amides is 1. The van der Waals surface area contributed by atoms with Gasteiger partial charge in [-0.15, -0.1) is 0 Å². The van der Waals surface area contributed by atoms with Crippen LogP contribution in [0.1, 0.15) is 17.3 Å². The predicted octanol–water partition coefficient (Wildman–Crippen LogP) is 2.43. The summed E-state index contributed by atoms with van der Waals surface area (Å²) in [6.45, 7) is 1.70. The van der Waals surface area contributed by atoms with Gasteiger partial charge in [-0.1, -0.05) is 11.6 Å². The molecule has 1 N–H and O–H groups in total. The van der Waals surface area contributed by atoms with Gasteiger partial charge < -0.3 is 4.74 Å². The summed E-state index contributed by atoms with van der Waals surface area (Å²) in [5.41, 5.74) is -0.500. The molecule has 0 fully saturated rings. The third kappa shape index (κ3) is 3.27. The standard InChI is InChI=1S/C11H9ClFNO4/c1-2-18-11(17)14-10-7(12)3-6(4-8(10)13)9(16)5-15/h3-5H,2H2,1H3,(H,14,17). The van der Waals surface area contributed by atoms with E-state index < -0.39 is 17.7 Å². The summed E-state index contributed by atoms with van der Waals surface area (Å²) in [6, 6.07) is 1.90. The number of halogens is 2. The van der Waals surface area contributed by atoms with Crippen LogP contribution in [0.5, 0.6) is 0 Å². The van der Waals surface area contributed by atoms with Crippen LogP contribution in [0.15, 0.2) is 12.1 Å². The van der Waals surface area contributed by atoms with Crippen molar-refractivity contribution < 1.29 is 23.5 Å². The Morgan fingerprint density at radius 3 is 2.67 bits per heavy atom. The molecule has 7 heteroatoms. The molecule has 0 saturated heterocycles. The Morgan fingerprint density at radius 1 is 1.50 bits per heavy atom. The maximum atomic E-state index is 13.6. The zero-order valence-corrected chi connectivity index (χ0v) is 10.1. The Labute approximate surface area is 107 Å². The average molecular weight is 274 g/mol. The minimum absolute atomic E-state index is 0.0452. The summed E-state index contributed by atoms with van der Waals surface area (Å²) < 4.78 is 18.1. The predicted molar refractivity (Wildman–Crippen MR) is 62.4 cm³/mol. The van der Waals surface area contributed by atoms with E-state index in [4.69, 9.17) is 11.6 Å². The number of carbonyl (C=O) groups excluding carboxylic acids is 3. The molecule has 1 aromatic carbocycles. The van der Waals surface area contributed by atoms with Crippen molar-refractivity contribution >= 4 is 35.5 Å². The molecule has 0 bridgehead atoms. The van der Waals surface area contributed by atoms with Gasteiger partial charge in [-0.3, -0.25) is 14.9 Å². The Balaban J connectivity index is 3.05. The summed E-state index contributed by atoms with van der Waals surface area (Å²) in [5, 5.41) is 1.90. The SMILES string of the molecule is CCOC(=O)Nc1c(F)cc(C(=O)C=O)cc1Cl. The highest BCUT2D eigenvalue weighted by atomic mass is 35.5. The molecule has 1 aromatic rings. The fraction of sp³-hybridized carbons (Fsp3) is 0.182. The summed E-state index contributed by atoms with van der Waals surface area (Å²) >= 11 is 5.70. The molecular weight excluding hydrogens is 265 g/mol. The Kier molecular flexibility index (Phi) is 4.79. The molecule has 1 rings (SSSR count). The van der Waals surface area contributed by atoms with Gasteiger partial charge in [0.15, 0.2) is 6.29 Å². The minimum atomic E-state index is -0.930. The lowest BCUT2D eigenvalue weighted by atomic mass is 10.1. The van der Waals surface area contributed by atoms with E-state index in [0.29, 0.717) is 0 Å². The van der Waals surface area contributed by atoms with Crippen LogP contribution in [-0.2, 0) is 9.53 Å². The highest BCUT2D eigenvalue weighted by Gasteiger charge is 2.15. The fourth-order valence-corrected chi connectivity index (χ4v) is 1.43. The fourth-order valence-electron chi connectivity index (χ4n) is 1.17. The number of ketones is 1. The molecule has 0 aromatic heterocycles. The van der Waals surface area contributed by atoms with Crippen molar-refractivity contribution in [3.05, 3.63) is 28.5 Å². The first-order chi connectivity index (χ1) is 8.49. The summed E-state index contributed by atoms with van der Waals surface area (Å²) in [4.78, 5) is 32.4. The molecule has 0 aliphatic carbocycles. The number of aldehydes is 1. The Morgan fingerprint density at radius 2 is 2.17 bits per heavy atom. The normalized spacial score (nSPS) is 9.72. The molecule has 0 radical (unpaired) electrons. The summed E-state index contributed by atoms with van der Waals surface area (Å²) in [5.74, 6) is -1.83. The molecule has 0 heterocycles. The molecule has 5 nitrogen and oxygen atoms in total. The van der Waals surface area contributed by atoms with Gasteiger partial charge in [0.1, 0.15) is 5.82 Å². The van der Waals surface area contributed by atoms with Crippen molar-refractivity contribution in [2.75, 3.05) is 11.9 Å². The topological polar surface area (TPSA) is 72.5 Å². The highest BCUT2D eigenvalue weighted by molar-refractivity contribution is 6.37. The van der Waals surface area contributed by atoms with Crippen LogP contribution in [0.4, 0.5) is 14.9 Å². The smallest absolute Gasteiger partial charge is 0.411 e. The lowest BCUT2D eigenvalue weighted by Gasteiger charge is -2.09. The maximum absolute atomic E-state index is 13.6. The quantitative estimate of drug-likeness (QED) is 0.519. The van der Waals surface area contributed by atoms with E-state index in [-0.39, 0.29) is 29.2 Å². The Bertz CT molecular complexity index is 481. The van der Waals surface area contributed by atoms with Gasteiger partial charge in [-0.05, 0) is 19.1 Å². The van der Waals surface area contributed by atoms with E-state index >= 15 is 0 Å². The number of hydrogen-bond acceptors (Lipinski definition) is 4. The van der Waals surface area contributed by atoms with E-state index in [0.717, 1.165) is 12.1 Å². The van der Waals surface area contributed by atoms with Gasteiger partial charge in [0.2, 0.25) is 5.78 Å². The molecule has 0 unspecified atom stereocenters. The van der Waals surface area contributed by atoms with Crippen LogP contribution in [-0.4, -0.2) is 24.8 Å². The zero-order valence-electron chi connectivity index (χ0n) is 9.33. The number of Topliss-reactive ketones (excluding diaryl/α,β-unsaturated/α-hetero) is 1. The Hall–Kier alpha value is -1.95. The molecule has 0 aliphatic heterocycles. The van der Waals surface area contributed by atoms with Crippen LogP contribution in [0, 0.1) is 5.82 Å². The van der Waals surface area contributed by atoms with Crippen molar-refractivity contribution in [1.82, 2.24) is 0 Å². The maximum Gasteiger partial charge on any atom is 0.411 e. The first-order valence-electron chi connectivity index (χ1n) is 4.92. The first kappa shape index (κ1) is 14.1. The monoisotopic (exact) mass is 273 g/mol. The van der Waals surface area contributed by atoms with E-state index in [1.54, 1.807) is 6.92 Å². The number of nitrogens with one attached hydrogen (secondary N) is 1. The summed E-state index contributed by atoms with van der Waals surface area (Å²) in [7, 11) is 0. The molecule has 18 heavy (non-hydrogen) atoms. The molecule has 0 spiro atoms. The van der Waals surface area contributed by atoms with Gasteiger partial charge in [0.25, 0.3) is 0 Å². The van der Waals surface area contributed by atoms with Gasteiger partial charge in [0, 0.05) is 5.56 Å². The van der Waals surface area contributed by atoms with Crippen LogP contribution in [0.3, 0.4) is 0 Å². The van der Waals surface area contributed by atoms with Gasteiger partial charge in [0.05, 0.1) is 17.3 Å². The third-order valence-corrected chi connectivity index (χ3v) is 2.23. The third-order valence-electron chi connectivity index (χ3n) is 1.94. The second-order valence-corrected chi connectivity index (χ2v) is 3.55. The van der Waals surface area contributed by atoms with Gasteiger partial charge >= 0.3 is 6.09 Å². The van der Waals surface area contributed by atoms with Crippen molar-refractivity contribution in [2.24, 2.45) is 0 Å². The van der Waals surface area contributed by atoms with E-state index in [1.807, 2.05) is 0 Å². The molecule has 0 saturated carbocycles. The molecule has 0 atom stereocenters. The van der Waals surface area contributed by atoms with E-state index in [2.05, 4.69) is 10.1 Å². The van der Waals surface area contributed by atoms with Crippen LogP contribution < -0.4 is 5.32 Å². The first-order valence-corrected chi connectivity index (χ1v) is 5.29. The largest absolute Gasteiger partial charge is 0.450 e. The zero-order chi connectivity index (χ0) is 13.7.